The highest BCUT2D eigenvalue weighted by Crippen LogP contribution is 2.28. The van der Waals surface area contributed by atoms with Gasteiger partial charge in [0.15, 0.2) is 0 Å². The van der Waals surface area contributed by atoms with Crippen LogP contribution in [0.2, 0.25) is 0 Å². The van der Waals surface area contributed by atoms with E-state index in [-0.39, 0.29) is 11.9 Å². The maximum Gasteiger partial charge on any atom is 0.130 e. The normalized spacial score (nSPS) is 12.4. The topological polar surface area (TPSA) is 29.3 Å². The molecule has 0 fully saturated rings. The fourth-order valence-corrected chi connectivity index (χ4v) is 2.79. The monoisotopic (exact) mass is 264 g/mol. The van der Waals surface area contributed by atoms with Gasteiger partial charge < -0.3 is 10.6 Å². The lowest BCUT2D eigenvalue weighted by atomic mass is 10.1. The van der Waals surface area contributed by atoms with Gasteiger partial charge in [-0.1, -0.05) is 12.1 Å². The number of benzene rings is 1. The van der Waals surface area contributed by atoms with Crippen LogP contribution in [0.5, 0.6) is 0 Å². The fourth-order valence-electron chi connectivity index (χ4n) is 2.03. The van der Waals surface area contributed by atoms with E-state index < -0.39 is 0 Å². The molecule has 0 amide bonds. The van der Waals surface area contributed by atoms with Crippen LogP contribution in [0.15, 0.2) is 35.7 Å². The average Bonchev–Trinajstić information content (AvgIpc) is 2.80. The van der Waals surface area contributed by atoms with E-state index in [0.29, 0.717) is 5.56 Å². The molecule has 2 N–H and O–H groups in total. The molecule has 0 aliphatic carbocycles. The third-order valence-corrected chi connectivity index (χ3v) is 3.73. The molecule has 0 radical (unpaired) electrons. The van der Waals surface area contributed by atoms with Gasteiger partial charge in [0, 0.05) is 29.2 Å². The van der Waals surface area contributed by atoms with E-state index in [1.165, 1.54) is 10.9 Å². The van der Waals surface area contributed by atoms with Crippen LogP contribution in [0.25, 0.3) is 0 Å². The summed E-state index contributed by atoms with van der Waals surface area (Å²) in [5.74, 6) is -0.236. The lowest BCUT2D eigenvalue weighted by Crippen LogP contribution is -2.20. The van der Waals surface area contributed by atoms with Gasteiger partial charge in [-0.2, -0.15) is 0 Å². The highest BCUT2D eigenvalue weighted by atomic mass is 32.1. The lowest BCUT2D eigenvalue weighted by Gasteiger charge is -2.23. The maximum absolute atomic E-state index is 13.8. The summed E-state index contributed by atoms with van der Waals surface area (Å²) >= 11 is 1.70. The molecule has 0 spiro atoms. The third kappa shape index (κ3) is 2.71. The smallest absolute Gasteiger partial charge is 0.130 e. The summed E-state index contributed by atoms with van der Waals surface area (Å²) in [4.78, 5) is 3.28. The molecule has 0 saturated heterocycles. The van der Waals surface area contributed by atoms with Crippen LogP contribution in [0.3, 0.4) is 0 Å². The van der Waals surface area contributed by atoms with Gasteiger partial charge >= 0.3 is 0 Å². The van der Waals surface area contributed by atoms with Crippen molar-refractivity contribution in [2.45, 2.75) is 19.5 Å². The standard InChI is InChI=1S/C14H17FN2S/c1-10(16)14-12(15)6-3-7-13(14)17(2)9-11-5-4-8-18-11/h3-8,10H,9,16H2,1-2H3/t10-/m1/s1. The maximum atomic E-state index is 13.8. The van der Waals surface area contributed by atoms with E-state index in [4.69, 9.17) is 5.73 Å². The minimum atomic E-state index is -0.313. The van der Waals surface area contributed by atoms with Crippen molar-refractivity contribution in [1.29, 1.82) is 0 Å². The SMILES string of the molecule is C[C@@H](N)c1c(F)cccc1N(C)Cc1cccs1. The summed E-state index contributed by atoms with van der Waals surface area (Å²) in [5.41, 5.74) is 7.30. The van der Waals surface area contributed by atoms with Crippen molar-refractivity contribution >= 4 is 17.0 Å². The highest BCUT2D eigenvalue weighted by molar-refractivity contribution is 7.09. The molecule has 1 atom stereocenters. The van der Waals surface area contributed by atoms with Crippen LogP contribution in [0, 0.1) is 5.82 Å². The number of hydrogen-bond donors (Lipinski definition) is 1. The van der Waals surface area contributed by atoms with Crippen LogP contribution in [0.1, 0.15) is 23.4 Å². The summed E-state index contributed by atoms with van der Waals surface area (Å²) in [7, 11) is 1.96. The molecule has 4 heteroatoms. The van der Waals surface area contributed by atoms with Gasteiger partial charge in [0.2, 0.25) is 0 Å². The van der Waals surface area contributed by atoms with Gasteiger partial charge in [-0.3, -0.25) is 0 Å². The van der Waals surface area contributed by atoms with Gasteiger partial charge in [0.25, 0.3) is 0 Å². The Morgan fingerprint density at radius 2 is 2.11 bits per heavy atom. The predicted molar refractivity (Wildman–Crippen MR) is 75.4 cm³/mol. The summed E-state index contributed by atoms with van der Waals surface area (Å²) in [6.45, 7) is 2.57. The van der Waals surface area contributed by atoms with Gasteiger partial charge in [0.1, 0.15) is 5.82 Å². The highest BCUT2D eigenvalue weighted by Gasteiger charge is 2.15. The van der Waals surface area contributed by atoms with Crippen LogP contribution in [-0.2, 0) is 6.54 Å². The van der Waals surface area contributed by atoms with Crippen molar-refractivity contribution in [3.63, 3.8) is 0 Å². The number of rotatable bonds is 4. The molecule has 1 heterocycles. The first-order chi connectivity index (χ1) is 8.59. The van der Waals surface area contributed by atoms with Gasteiger partial charge in [-0.25, -0.2) is 4.39 Å². The van der Waals surface area contributed by atoms with Crippen molar-refractivity contribution in [3.8, 4) is 0 Å². The first-order valence-electron chi connectivity index (χ1n) is 5.87. The minimum Gasteiger partial charge on any atom is -0.369 e. The Morgan fingerprint density at radius 3 is 2.72 bits per heavy atom. The number of nitrogens with two attached hydrogens (primary N) is 1. The van der Waals surface area contributed by atoms with Crippen LogP contribution in [-0.4, -0.2) is 7.05 Å². The molecule has 0 aliphatic heterocycles. The van der Waals surface area contributed by atoms with Gasteiger partial charge in [-0.15, -0.1) is 11.3 Å². The Morgan fingerprint density at radius 1 is 1.33 bits per heavy atom. The molecule has 1 aromatic carbocycles. The van der Waals surface area contributed by atoms with Crippen molar-refractivity contribution in [2.24, 2.45) is 5.73 Å². The van der Waals surface area contributed by atoms with E-state index in [1.54, 1.807) is 24.3 Å². The van der Waals surface area contributed by atoms with Crippen molar-refractivity contribution < 1.29 is 4.39 Å². The molecule has 0 saturated carbocycles. The quantitative estimate of drug-likeness (QED) is 0.915. The summed E-state index contributed by atoms with van der Waals surface area (Å²) in [6, 6.07) is 8.88. The van der Waals surface area contributed by atoms with Crippen LogP contribution >= 0.6 is 11.3 Å². The molecule has 2 aromatic rings. The van der Waals surface area contributed by atoms with Gasteiger partial charge in [-0.05, 0) is 30.5 Å². The zero-order chi connectivity index (χ0) is 13.1. The second-order valence-corrected chi connectivity index (χ2v) is 5.43. The molecule has 18 heavy (non-hydrogen) atoms. The van der Waals surface area contributed by atoms with E-state index in [1.807, 2.05) is 29.5 Å². The Bertz CT molecular complexity index is 509. The van der Waals surface area contributed by atoms with E-state index in [0.717, 1.165) is 12.2 Å². The molecule has 0 unspecified atom stereocenters. The van der Waals surface area contributed by atoms with Crippen LogP contribution < -0.4 is 10.6 Å². The van der Waals surface area contributed by atoms with E-state index in [9.17, 15) is 4.39 Å². The number of hydrogen-bond acceptors (Lipinski definition) is 3. The number of halogens is 1. The average molecular weight is 264 g/mol. The molecule has 2 nitrogen and oxygen atoms in total. The minimum absolute atomic E-state index is 0.236. The molecule has 2 rings (SSSR count). The Labute approximate surface area is 111 Å². The fraction of sp³-hybridized carbons (Fsp3) is 0.286. The Balaban J connectivity index is 2.29. The summed E-state index contributed by atoms with van der Waals surface area (Å²) in [6.07, 6.45) is 0. The first kappa shape index (κ1) is 13.1. The molecular formula is C14H17FN2S. The van der Waals surface area contributed by atoms with Crippen molar-refractivity contribution in [1.82, 2.24) is 0 Å². The second kappa shape index (κ2) is 5.50. The zero-order valence-electron chi connectivity index (χ0n) is 10.6. The largest absolute Gasteiger partial charge is 0.369 e. The Kier molecular flexibility index (Phi) is 3.99. The number of anilines is 1. The van der Waals surface area contributed by atoms with Crippen molar-refractivity contribution in [3.05, 3.63) is 52.0 Å². The third-order valence-electron chi connectivity index (χ3n) is 2.87. The summed E-state index contributed by atoms with van der Waals surface area (Å²) < 4.78 is 13.8. The van der Waals surface area contributed by atoms with Gasteiger partial charge in [0.05, 0.1) is 6.54 Å². The van der Waals surface area contributed by atoms with Crippen LogP contribution in [0.4, 0.5) is 10.1 Å². The zero-order valence-corrected chi connectivity index (χ0v) is 11.4. The number of thiophene rings is 1. The summed E-state index contributed by atoms with van der Waals surface area (Å²) in [5, 5.41) is 2.04. The van der Waals surface area contributed by atoms with Crippen molar-refractivity contribution in [2.75, 3.05) is 11.9 Å². The molecule has 0 aliphatic rings. The lowest BCUT2D eigenvalue weighted by molar-refractivity contribution is 0.592. The van der Waals surface area contributed by atoms with E-state index in [2.05, 4.69) is 6.07 Å². The second-order valence-electron chi connectivity index (χ2n) is 4.40. The molecule has 96 valence electrons. The molecular weight excluding hydrogens is 247 g/mol. The van der Waals surface area contributed by atoms with E-state index >= 15 is 0 Å². The number of nitrogens with zero attached hydrogens (tertiary/aromatic N) is 1. The molecule has 1 aromatic heterocycles. The predicted octanol–water partition coefficient (Wildman–Crippen LogP) is 3.54. The molecule has 0 bridgehead atoms. The first-order valence-corrected chi connectivity index (χ1v) is 6.75. The Hall–Kier alpha value is -1.39.